The minimum absolute atomic E-state index is 0.332. The molecule has 0 aliphatic carbocycles. The number of hydrogen-bond donors (Lipinski definition) is 3. The molecule has 1 aromatic heterocycles. The molecule has 1 atom stereocenters. The van der Waals surface area contributed by atoms with Gasteiger partial charge in [0.2, 0.25) is 0 Å². The molecule has 0 saturated carbocycles. The highest BCUT2D eigenvalue weighted by Gasteiger charge is 2.30. The van der Waals surface area contributed by atoms with Crippen molar-refractivity contribution in [2.24, 2.45) is 0 Å². The van der Waals surface area contributed by atoms with E-state index in [0.717, 1.165) is 23.9 Å². The number of hydrogen-bond acceptors (Lipinski definition) is 3. The van der Waals surface area contributed by atoms with Gasteiger partial charge in [0, 0.05) is 23.6 Å². The summed E-state index contributed by atoms with van der Waals surface area (Å²) < 4.78 is 0. The molecule has 2 aliphatic heterocycles. The molecule has 0 fully saturated rings. The number of aromatic nitrogens is 1. The van der Waals surface area contributed by atoms with Crippen molar-refractivity contribution < 1.29 is 5.11 Å². The van der Waals surface area contributed by atoms with E-state index in [0.29, 0.717) is 11.9 Å². The van der Waals surface area contributed by atoms with E-state index in [4.69, 9.17) is 0 Å². The first-order valence-electron chi connectivity index (χ1n) is 6.31. The summed E-state index contributed by atoms with van der Waals surface area (Å²) in [7, 11) is 0. The minimum Gasteiger partial charge on any atom is -0.508 e. The van der Waals surface area contributed by atoms with Gasteiger partial charge in [0.1, 0.15) is 5.75 Å². The van der Waals surface area contributed by atoms with E-state index in [1.54, 1.807) is 6.07 Å². The third kappa shape index (κ3) is 1.15. The van der Waals surface area contributed by atoms with Gasteiger partial charge in [0.15, 0.2) is 0 Å². The Morgan fingerprint density at radius 1 is 1.39 bits per heavy atom. The number of aromatic hydroxyl groups is 1. The standard InChI is InChI=1S/C14H15N3O/c1-8-15-7-13-14-10(4-5-17(8)13)11-6-9(18)2-3-12(11)16-14/h2-3,6-8,15-16,18H,4-5H2,1H3. The number of nitrogens with one attached hydrogen (secondary N) is 2. The monoisotopic (exact) mass is 241 g/mol. The Morgan fingerprint density at radius 2 is 2.28 bits per heavy atom. The topological polar surface area (TPSA) is 51.3 Å². The fourth-order valence-corrected chi connectivity index (χ4v) is 3.06. The molecule has 1 unspecified atom stereocenters. The van der Waals surface area contributed by atoms with Crippen LogP contribution in [-0.4, -0.2) is 27.7 Å². The lowest BCUT2D eigenvalue weighted by molar-refractivity contribution is 0.308. The fraction of sp³-hybridized carbons (Fsp3) is 0.286. The summed E-state index contributed by atoms with van der Waals surface area (Å²) >= 11 is 0. The largest absolute Gasteiger partial charge is 0.508 e. The quantitative estimate of drug-likeness (QED) is 0.661. The smallest absolute Gasteiger partial charge is 0.116 e. The third-order valence-electron chi connectivity index (χ3n) is 3.99. The van der Waals surface area contributed by atoms with E-state index in [9.17, 15) is 5.11 Å². The first-order chi connectivity index (χ1) is 8.74. The lowest BCUT2D eigenvalue weighted by atomic mass is 10.0. The summed E-state index contributed by atoms with van der Waals surface area (Å²) in [5.74, 6) is 0.332. The Morgan fingerprint density at radius 3 is 3.17 bits per heavy atom. The lowest BCUT2D eigenvalue weighted by Crippen LogP contribution is -2.37. The molecule has 0 saturated heterocycles. The summed E-state index contributed by atoms with van der Waals surface area (Å²) in [5.41, 5.74) is 4.84. The second-order valence-electron chi connectivity index (χ2n) is 5.02. The Hall–Kier alpha value is -2.10. The van der Waals surface area contributed by atoms with Crippen LogP contribution in [0.3, 0.4) is 0 Å². The van der Waals surface area contributed by atoms with E-state index < -0.39 is 0 Å². The van der Waals surface area contributed by atoms with E-state index in [1.165, 1.54) is 17.0 Å². The second-order valence-corrected chi connectivity index (χ2v) is 5.02. The Bertz CT molecular complexity index is 671. The number of benzene rings is 1. The Balaban J connectivity index is 1.97. The molecule has 2 aromatic rings. The molecule has 3 heterocycles. The predicted molar refractivity (Wildman–Crippen MR) is 70.9 cm³/mol. The Kier molecular flexibility index (Phi) is 1.77. The number of rotatable bonds is 0. The van der Waals surface area contributed by atoms with Crippen LogP contribution in [-0.2, 0) is 6.42 Å². The van der Waals surface area contributed by atoms with Crippen LogP contribution in [0.2, 0.25) is 0 Å². The zero-order valence-corrected chi connectivity index (χ0v) is 10.2. The van der Waals surface area contributed by atoms with Crippen molar-refractivity contribution in [2.45, 2.75) is 19.5 Å². The zero-order valence-electron chi connectivity index (χ0n) is 10.2. The number of phenols is 1. The summed E-state index contributed by atoms with van der Waals surface area (Å²) in [6.07, 6.45) is 3.47. The molecule has 1 aromatic carbocycles. The molecular formula is C14H15N3O. The van der Waals surface area contributed by atoms with E-state index in [-0.39, 0.29) is 0 Å². The molecule has 0 radical (unpaired) electrons. The van der Waals surface area contributed by atoms with Gasteiger partial charge in [0.05, 0.1) is 17.6 Å². The zero-order chi connectivity index (χ0) is 12.3. The fourth-order valence-electron chi connectivity index (χ4n) is 3.06. The van der Waals surface area contributed by atoms with Gasteiger partial charge in [-0.2, -0.15) is 0 Å². The highest BCUT2D eigenvalue weighted by atomic mass is 16.3. The predicted octanol–water partition coefficient (Wildman–Crippen LogP) is 1.98. The number of H-pyrrole nitrogens is 1. The molecule has 4 heteroatoms. The van der Waals surface area contributed by atoms with Gasteiger partial charge in [0.25, 0.3) is 0 Å². The van der Waals surface area contributed by atoms with Crippen LogP contribution in [0.15, 0.2) is 24.4 Å². The van der Waals surface area contributed by atoms with Crippen molar-refractivity contribution in [1.29, 1.82) is 0 Å². The summed E-state index contributed by atoms with van der Waals surface area (Å²) in [6.45, 7) is 3.19. The molecule has 92 valence electrons. The molecule has 2 aliphatic rings. The average molecular weight is 241 g/mol. The van der Waals surface area contributed by atoms with Gasteiger partial charge in [-0.25, -0.2) is 0 Å². The van der Waals surface area contributed by atoms with Crippen molar-refractivity contribution in [1.82, 2.24) is 15.2 Å². The maximum absolute atomic E-state index is 9.63. The van der Waals surface area contributed by atoms with Crippen LogP contribution in [0.4, 0.5) is 0 Å². The van der Waals surface area contributed by atoms with Gasteiger partial charge in [-0.1, -0.05) is 0 Å². The number of aromatic amines is 1. The summed E-state index contributed by atoms with van der Waals surface area (Å²) in [4.78, 5) is 5.85. The van der Waals surface area contributed by atoms with Crippen molar-refractivity contribution in [2.75, 3.05) is 6.54 Å². The summed E-state index contributed by atoms with van der Waals surface area (Å²) in [6, 6.07) is 5.53. The minimum atomic E-state index is 0.332. The van der Waals surface area contributed by atoms with E-state index in [2.05, 4.69) is 28.3 Å². The molecule has 3 N–H and O–H groups in total. The van der Waals surface area contributed by atoms with Gasteiger partial charge in [-0.15, -0.1) is 0 Å². The van der Waals surface area contributed by atoms with Crippen molar-refractivity contribution in [3.63, 3.8) is 0 Å². The van der Waals surface area contributed by atoms with E-state index in [1.807, 2.05) is 12.1 Å². The molecular weight excluding hydrogens is 226 g/mol. The molecule has 4 rings (SSSR count). The van der Waals surface area contributed by atoms with Crippen LogP contribution in [0.1, 0.15) is 18.2 Å². The third-order valence-corrected chi connectivity index (χ3v) is 3.99. The van der Waals surface area contributed by atoms with Gasteiger partial charge in [-0.3, -0.25) is 0 Å². The van der Waals surface area contributed by atoms with Crippen molar-refractivity contribution in [3.05, 3.63) is 35.7 Å². The normalized spacial score (nSPS) is 21.5. The number of fused-ring (bicyclic) bond motifs is 5. The van der Waals surface area contributed by atoms with Crippen LogP contribution >= 0.6 is 0 Å². The van der Waals surface area contributed by atoms with Gasteiger partial charge < -0.3 is 20.3 Å². The maximum atomic E-state index is 9.63. The van der Waals surface area contributed by atoms with Gasteiger partial charge >= 0.3 is 0 Å². The summed E-state index contributed by atoms with van der Waals surface area (Å²) in [5, 5.41) is 14.1. The van der Waals surface area contributed by atoms with E-state index >= 15 is 0 Å². The number of nitrogens with zero attached hydrogens (tertiary/aromatic N) is 1. The SMILES string of the molecule is CC1NC=C2c3[nH]c4ccc(O)cc4c3CCN21. The van der Waals surface area contributed by atoms with Crippen molar-refractivity contribution in [3.8, 4) is 5.75 Å². The first kappa shape index (κ1) is 9.88. The number of phenolic OH excluding ortho intramolecular Hbond substituents is 1. The molecule has 0 bridgehead atoms. The van der Waals surface area contributed by atoms with Crippen LogP contribution in [0.5, 0.6) is 5.75 Å². The second kappa shape index (κ2) is 3.22. The average Bonchev–Trinajstić information content (AvgIpc) is 2.90. The highest BCUT2D eigenvalue weighted by Crippen LogP contribution is 2.37. The van der Waals surface area contributed by atoms with Gasteiger partial charge in [-0.05, 0) is 37.1 Å². The van der Waals surface area contributed by atoms with Crippen LogP contribution in [0.25, 0.3) is 16.6 Å². The first-order valence-corrected chi connectivity index (χ1v) is 6.31. The van der Waals surface area contributed by atoms with Crippen molar-refractivity contribution >= 4 is 16.6 Å². The molecule has 0 amide bonds. The van der Waals surface area contributed by atoms with Crippen LogP contribution in [0, 0.1) is 0 Å². The van der Waals surface area contributed by atoms with Crippen LogP contribution < -0.4 is 5.32 Å². The molecule has 4 nitrogen and oxygen atoms in total. The highest BCUT2D eigenvalue weighted by molar-refractivity contribution is 5.91. The maximum Gasteiger partial charge on any atom is 0.116 e. The molecule has 0 spiro atoms. The Labute approximate surface area is 105 Å². The lowest BCUT2D eigenvalue weighted by Gasteiger charge is -2.30. The molecule has 18 heavy (non-hydrogen) atoms.